The van der Waals surface area contributed by atoms with Crippen molar-refractivity contribution in [3.63, 3.8) is 0 Å². The standard InChI is InChI=1S/C11H16N4O4S.ClH/c1-13-6-8-14(9-7-13)12-20(18,19)11-4-2-10(3-5-11)15(16)17;/h2-5,12H,6-9H2,1H3;1H. The van der Waals surface area contributed by atoms with Gasteiger partial charge >= 0.3 is 0 Å². The number of halogens is 1. The molecule has 0 spiro atoms. The summed E-state index contributed by atoms with van der Waals surface area (Å²) in [5.41, 5.74) is -0.129. The lowest BCUT2D eigenvalue weighted by molar-refractivity contribution is -0.934. The molecule has 1 aliphatic rings. The number of non-ortho nitro benzene ring substituents is 1. The second-order valence-electron chi connectivity index (χ2n) is 4.76. The Morgan fingerprint density at radius 3 is 2.24 bits per heavy atom. The summed E-state index contributed by atoms with van der Waals surface area (Å²) in [4.78, 5) is 14.7. The van der Waals surface area contributed by atoms with Crippen LogP contribution in [0.5, 0.6) is 0 Å². The van der Waals surface area contributed by atoms with Gasteiger partial charge in [-0.2, -0.15) is 0 Å². The highest BCUT2D eigenvalue weighted by molar-refractivity contribution is 7.89. The number of quaternary nitrogens is 1. The Bertz CT molecular complexity index is 585. The normalized spacial score (nSPS) is 17.2. The maximum atomic E-state index is 12.1. The van der Waals surface area contributed by atoms with Crippen molar-refractivity contribution in [1.82, 2.24) is 9.73 Å². The highest BCUT2D eigenvalue weighted by atomic mass is 35.5. The van der Waals surface area contributed by atoms with E-state index >= 15 is 0 Å². The van der Waals surface area contributed by atoms with Gasteiger partial charge in [-0.3, -0.25) is 15.0 Å². The van der Waals surface area contributed by atoms with E-state index in [0.29, 0.717) is 13.1 Å². The maximum Gasteiger partial charge on any atom is 0.282 e. The number of benzene rings is 1. The van der Waals surface area contributed by atoms with Crippen LogP contribution in [0.25, 0.3) is 0 Å². The SMILES string of the molecule is CN1CC[NH+](NS(=O)(=O)c2ccc([N+](=O)[O-])cc2)CC1.[Cl-]. The molecule has 21 heavy (non-hydrogen) atoms. The number of nitro groups is 1. The van der Waals surface area contributed by atoms with E-state index in [0.717, 1.165) is 18.1 Å². The molecule has 0 aliphatic carbocycles. The summed E-state index contributed by atoms with van der Waals surface area (Å²) in [6, 6.07) is 4.87. The van der Waals surface area contributed by atoms with Gasteiger partial charge in [0.2, 0.25) is 0 Å². The van der Waals surface area contributed by atoms with E-state index in [2.05, 4.69) is 9.73 Å². The van der Waals surface area contributed by atoms with E-state index in [1.54, 1.807) is 0 Å². The minimum absolute atomic E-state index is 0. The van der Waals surface area contributed by atoms with Crippen LogP contribution in [-0.4, -0.2) is 51.5 Å². The van der Waals surface area contributed by atoms with Crippen LogP contribution < -0.4 is 22.2 Å². The third kappa shape index (κ3) is 4.61. The monoisotopic (exact) mass is 336 g/mol. The van der Waals surface area contributed by atoms with Crippen LogP contribution in [-0.2, 0) is 10.0 Å². The van der Waals surface area contributed by atoms with Gasteiger partial charge in [0.25, 0.3) is 15.7 Å². The summed E-state index contributed by atoms with van der Waals surface area (Å²) in [7, 11) is -1.66. The molecule has 1 aliphatic heterocycles. The quantitative estimate of drug-likeness (QED) is 0.428. The molecule has 0 atom stereocenters. The zero-order valence-corrected chi connectivity index (χ0v) is 13.0. The lowest BCUT2D eigenvalue weighted by atomic mass is 10.3. The van der Waals surface area contributed by atoms with E-state index in [-0.39, 0.29) is 23.0 Å². The largest absolute Gasteiger partial charge is 1.00 e. The van der Waals surface area contributed by atoms with Crippen molar-refractivity contribution >= 4 is 15.7 Å². The zero-order valence-electron chi connectivity index (χ0n) is 11.5. The highest BCUT2D eigenvalue weighted by Crippen LogP contribution is 2.14. The molecule has 1 saturated heterocycles. The Balaban J connectivity index is 0.00000220. The summed E-state index contributed by atoms with van der Waals surface area (Å²) in [5.74, 6) is 0. The lowest BCUT2D eigenvalue weighted by Gasteiger charge is -2.28. The number of hydrogen-bond donors (Lipinski definition) is 2. The topological polar surface area (TPSA) is 97.0 Å². The van der Waals surface area contributed by atoms with Gasteiger partial charge < -0.3 is 12.4 Å². The van der Waals surface area contributed by atoms with Crippen LogP contribution >= 0.6 is 0 Å². The molecule has 1 aromatic rings. The summed E-state index contributed by atoms with van der Waals surface area (Å²) in [6.07, 6.45) is 0. The molecular weight excluding hydrogens is 320 g/mol. The molecule has 2 N–H and O–H groups in total. The zero-order chi connectivity index (χ0) is 14.8. The van der Waals surface area contributed by atoms with Gasteiger partial charge in [0.1, 0.15) is 13.1 Å². The predicted molar refractivity (Wildman–Crippen MR) is 71.6 cm³/mol. The molecule has 118 valence electrons. The average molecular weight is 337 g/mol. The fourth-order valence-corrected chi connectivity index (χ4v) is 3.18. The van der Waals surface area contributed by atoms with Gasteiger partial charge in [-0.25, -0.2) is 13.4 Å². The van der Waals surface area contributed by atoms with Crippen molar-refractivity contribution in [2.24, 2.45) is 0 Å². The first-order valence-electron chi connectivity index (χ1n) is 6.19. The van der Waals surface area contributed by atoms with Crippen LogP contribution in [0.4, 0.5) is 5.69 Å². The van der Waals surface area contributed by atoms with E-state index in [4.69, 9.17) is 0 Å². The Labute approximate surface area is 129 Å². The van der Waals surface area contributed by atoms with Gasteiger partial charge in [0.15, 0.2) is 0 Å². The third-order valence-corrected chi connectivity index (χ3v) is 4.68. The number of nitrogens with zero attached hydrogens (tertiary/aromatic N) is 2. The number of piperazine rings is 1. The number of rotatable bonds is 4. The molecule has 0 unspecified atom stereocenters. The molecule has 0 amide bonds. The molecule has 0 radical (unpaired) electrons. The second kappa shape index (κ2) is 7.14. The van der Waals surface area contributed by atoms with Crippen molar-refractivity contribution in [2.45, 2.75) is 4.90 Å². The van der Waals surface area contributed by atoms with Crippen LogP contribution in [0.15, 0.2) is 29.2 Å². The average Bonchev–Trinajstić information content (AvgIpc) is 2.41. The molecule has 1 heterocycles. The number of likely N-dealkylation sites (N-methyl/N-ethyl adjacent to an activating group) is 1. The Hall–Kier alpha value is -1.26. The molecular formula is C11H17ClN4O4S. The fraction of sp³-hybridized carbons (Fsp3) is 0.455. The summed E-state index contributed by atoms with van der Waals surface area (Å²) in [5, 5.41) is 11.3. The fourth-order valence-electron chi connectivity index (χ4n) is 1.99. The number of nitrogens with one attached hydrogen (secondary N) is 2. The minimum Gasteiger partial charge on any atom is -1.00 e. The predicted octanol–water partition coefficient (Wildman–Crippen LogP) is -4.38. The van der Waals surface area contributed by atoms with Gasteiger partial charge in [0.05, 0.1) is 9.82 Å². The molecule has 2 rings (SSSR count). The van der Waals surface area contributed by atoms with Crippen molar-refractivity contribution in [3.05, 3.63) is 34.4 Å². The van der Waals surface area contributed by atoms with Crippen molar-refractivity contribution in [2.75, 3.05) is 33.2 Å². The molecule has 0 bridgehead atoms. The first kappa shape index (κ1) is 17.8. The Morgan fingerprint density at radius 2 is 1.76 bits per heavy atom. The van der Waals surface area contributed by atoms with Crippen LogP contribution in [0.2, 0.25) is 0 Å². The molecule has 10 heteroatoms. The van der Waals surface area contributed by atoms with Crippen molar-refractivity contribution in [3.8, 4) is 0 Å². The van der Waals surface area contributed by atoms with Gasteiger partial charge in [-0.1, -0.05) is 4.83 Å². The molecule has 8 nitrogen and oxygen atoms in total. The first-order chi connectivity index (χ1) is 9.38. The van der Waals surface area contributed by atoms with Gasteiger partial charge in [-0.05, 0) is 19.2 Å². The maximum absolute atomic E-state index is 12.1. The summed E-state index contributed by atoms with van der Waals surface area (Å²) < 4.78 is 24.3. The van der Waals surface area contributed by atoms with E-state index < -0.39 is 14.9 Å². The van der Waals surface area contributed by atoms with Crippen LogP contribution in [0, 0.1) is 10.1 Å². The van der Waals surface area contributed by atoms with E-state index in [1.165, 1.54) is 24.3 Å². The summed E-state index contributed by atoms with van der Waals surface area (Å²) in [6.45, 7) is 3.00. The number of nitro benzene ring substituents is 1. The van der Waals surface area contributed by atoms with Crippen molar-refractivity contribution < 1.29 is 30.8 Å². The number of sulfonamides is 1. The smallest absolute Gasteiger partial charge is 0.282 e. The molecule has 0 saturated carbocycles. The van der Waals surface area contributed by atoms with Gasteiger partial charge in [-0.15, -0.1) is 0 Å². The first-order valence-corrected chi connectivity index (χ1v) is 7.67. The number of hydrogen-bond acceptors (Lipinski definition) is 5. The second-order valence-corrected chi connectivity index (χ2v) is 6.45. The highest BCUT2D eigenvalue weighted by Gasteiger charge is 2.25. The minimum atomic E-state index is -3.65. The van der Waals surface area contributed by atoms with Crippen molar-refractivity contribution in [1.29, 1.82) is 0 Å². The summed E-state index contributed by atoms with van der Waals surface area (Å²) >= 11 is 0. The lowest BCUT2D eigenvalue weighted by Crippen LogP contribution is -3.21. The third-order valence-electron chi connectivity index (χ3n) is 3.23. The molecule has 0 aromatic heterocycles. The van der Waals surface area contributed by atoms with E-state index in [9.17, 15) is 18.5 Å². The van der Waals surface area contributed by atoms with Gasteiger partial charge in [0, 0.05) is 25.2 Å². The van der Waals surface area contributed by atoms with Crippen LogP contribution in [0.3, 0.4) is 0 Å². The molecule has 1 aromatic carbocycles. The Morgan fingerprint density at radius 1 is 1.24 bits per heavy atom. The van der Waals surface area contributed by atoms with Crippen LogP contribution in [0.1, 0.15) is 0 Å². The van der Waals surface area contributed by atoms with E-state index in [1.807, 2.05) is 7.05 Å². The Kier molecular flexibility index (Phi) is 6.05. The molecule has 1 fully saturated rings.